The highest BCUT2D eigenvalue weighted by molar-refractivity contribution is 7.99. The zero-order chi connectivity index (χ0) is 15.1. The number of carbonyl (C=O) groups is 1. The molecule has 21 heavy (non-hydrogen) atoms. The van der Waals surface area contributed by atoms with E-state index in [0.717, 1.165) is 48.4 Å². The van der Waals surface area contributed by atoms with Gasteiger partial charge in [0.25, 0.3) is 0 Å². The number of halogens is 1. The molecule has 2 rings (SSSR count). The van der Waals surface area contributed by atoms with Gasteiger partial charge in [0, 0.05) is 10.8 Å². The van der Waals surface area contributed by atoms with Crippen LogP contribution in [-0.2, 0) is 10.5 Å². The molecule has 0 bridgehead atoms. The van der Waals surface area contributed by atoms with Gasteiger partial charge in [0.05, 0.1) is 17.9 Å². The molecule has 0 aromatic heterocycles. The summed E-state index contributed by atoms with van der Waals surface area (Å²) in [4.78, 5) is 12.0. The van der Waals surface area contributed by atoms with Gasteiger partial charge in [-0.3, -0.25) is 4.79 Å². The summed E-state index contributed by atoms with van der Waals surface area (Å²) in [5.74, 6) is 1.18. The first-order chi connectivity index (χ1) is 10.1. The Kier molecular flexibility index (Phi) is 6.87. The summed E-state index contributed by atoms with van der Waals surface area (Å²) >= 11 is 7.50. The molecule has 0 aliphatic heterocycles. The lowest BCUT2D eigenvalue weighted by atomic mass is 10.1. The minimum atomic E-state index is -0.394. The van der Waals surface area contributed by atoms with Crippen LogP contribution in [0.15, 0.2) is 24.3 Å². The molecular weight excluding hydrogens is 306 g/mol. The standard InChI is InChI=1S/C16H22ClNO2S/c17-13-6-4-5-12(9-13)10-21-11-16(20)18-14-7-2-1-3-8-15(14)19/h4-6,9,14-15,19H,1-3,7-8,10-11H2,(H,18,20). The summed E-state index contributed by atoms with van der Waals surface area (Å²) in [6.07, 6.45) is 4.56. The van der Waals surface area contributed by atoms with Crippen molar-refractivity contribution in [3.05, 3.63) is 34.9 Å². The fourth-order valence-corrected chi connectivity index (χ4v) is 3.59. The van der Waals surface area contributed by atoms with E-state index in [1.165, 1.54) is 0 Å². The Labute approximate surface area is 135 Å². The first kappa shape index (κ1) is 16.7. The summed E-state index contributed by atoms with van der Waals surface area (Å²) in [5, 5.41) is 13.7. The van der Waals surface area contributed by atoms with Crippen LogP contribution in [0.25, 0.3) is 0 Å². The van der Waals surface area contributed by atoms with E-state index in [0.29, 0.717) is 5.75 Å². The number of thioether (sulfide) groups is 1. The highest BCUT2D eigenvalue weighted by Gasteiger charge is 2.22. The molecule has 5 heteroatoms. The predicted octanol–water partition coefficient (Wildman–Crippen LogP) is 3.38. The van der Waals surface area contributed by atoms with Crippen LogP contribution >= 0.6 is 23.4 Å². The first-order valence-corrected chi connectivity index (χ1v) is 8.98. The van der Waals surface area contributed by atoms with Crippen LogP contribution < -0.4 is 5.32 Å². The Bertz CT molecular complexity index is 469. The molecule has 2 atom stereocenters. The number of benzene rings is 1. The molecule has 1 aliphatic carbocycles. The average Bonchev–Trinajstić information content (AvgIpc) is 2.64. The second-order valence-corrected chi connectivity index (χ2v) is 6.92. The van der Waals surface area contributed by atoms with Gasteiger partial charge in [-0.1, -0.05) is 43.0 Å². The molecule has 116 valence electrons. The minimum Gasteiger partial charge on any atom is -0.391 e. The van der Waals surface area contributed by atoms with Gasteiger partial charge in [0.2, 0.25) is 5.91 Å². The van der Waals surface area contributed by atoms with Crippen LogP contribution in [0.5, 0.6) is 0 Å². The van der Waals surface area contributed by atoms with E-state index >= 15 is 0 Å². The number of hydrogen-bond acceptors (Lipinski definition) is 3. The lowest BCUT2D eigenvalue weighted by Crippen LogP contribution is -2.43. The van der Waals surface area contributed by atoms with Crippen molar-refractivity contribution in [1.29, 1.82) is 0 Å². The van der Waals surface area contributed by atoms with E-state index in [4.69, 9.17) is 11.6 Å². The Balaban J connectivity index is 1.71. The Morgan fingerprint density at radius 2 is 2.14 bits per heavy atom. The number of aliphatic hydroxyl groups excluding tert-OH is 1. The van der Waals surface area contributed by atoms with Crippen molar-refractivity contribution in [3.63, 3.8) is 0 Å². The van der Waals surface area contributed by atoms with Gasteiger partial charge in [0.1, 0.15) is 0 Å². The maximum absolute atomic E-state index is 12.0. The molecule has 1 saturated carbocycles. The van der Waals surface area contributed by atoms with E-state index in [2.05, 4.69) is 5.32 Å². The quantitative estimate of drug-likeness (QED) is 0.815. The van der Waals surface area contributed by atoms with Crippen molar-refractivity contribution in [3.8, 4) is 0 Å². The molecule has 2 unspecified atom stereocenters. The van der Waals surface area contributed by atoms with Gasteiger partial charge in [-0.15, -0.1) is 11.8 Å². The number of rotatable bonds is 5. The zero-order valence-electron chi connectivity index (χ0n) is 12.1. The zero-order valence-corrected chi connectivity index (χ0v) is 13.6. The highest BCUT2D eigenvalue weighted by atomic mass is 35.5. The molecule has 0 radical (unpaired) electrons. The SMILES string of the molecule is O=C(CSCc1cccc(Cl)c1)NC1CCCCCC1O. The van der Waals surface area contributed by atoms with Crippen LogP contribution in [-0.4, -0.2) is 28.9 Å². The molecule has 1 fully saturated rings. The van der Waals surface area contributed by atoms with Crippen molar-refractivity contribution in [1.82, 2.24) is 5.32 Å². The number of hydrogen-bond donors (Lipinski definition) is 2. The van der Waals surface area contributed by atoms with E-state index < -0.39 is 6.10 Å². The van der Waals surface area contributed by atoms with Crippen molar-refractivity contribution < 1.29 is 9.90 Å². The first-order valence-electron chi connectivity index (χ1n) is 7.45. The lowest BCUT2D eigenvalue weighted by Gasteiger charge is -2.21. The monoisotopic (exact) mass is 327 g/mol. The normalized spacial score (nSPS) is 22.6. The van der Waals surface area contributed by atoms with Gasteiger partial charge >= 0.3 is 0 Å². The minimum absolute atomic E-state index is 0.00739. The number of amides is 1. The van der Waals surface area contributed by atoms with Crippen LogP contribution in [0.2, 0.25) is 5.02 Å². The third kappa shape index (κ3) is 5.89. The molecule has 0 spiro atoms. The molecule has 1 aromatic carbocycles. The summed E-state index contributed by atoms with van der Waals surface area (Å²) in [6.45, 7) is 0. The smallest absolute Gasteiger partial charge is 0.230 e. The molecule has 0 saturated heterocycles. The van der Waals surface area contributed by atoms with E-state index in [1.54, 1.807) is 11.8 Å². The van der Waals surface area contributed by atoms with Gasteiger partial charge in [0.15, 0.2) is 0 Å². The van der Waals surface area contributed by atoms with E-state index in [1.807, 2.05) is 24.3 Å². The Morgan fingerprint density at radius 1 is 1.33 bits per heavy atom. The molecule has 1 aliphatic rings. The lowest BCUT2D eigenvalue weighted by molar-refractivity contribution is -0.120. The number of nitrogens with one attached hydrogen (secondary N) is 1. The average molecular weight is 328 g/mol. The van der Waals surface area contributed by atoms with Gasteiger partial charge in [-0.2, -0.15) is 0 Å². The van der Waals surface area contributed by atoms with Crippen molar-refractivity contribution in [2.45, 2.75) is 50.0 Å². The molecule has 2 N–H and O–H groups in total. The fourth-order valence-electron chi connectivity index (χ4n) is 2.59. The van der Waals surface area contributed by atoms with Crippen LogP contribution in [0.3, 0.4) is 0 Å². The summed E-state index contributed by atoms with van der Waals surface area (Å²) in [7, 11) is 0. The second kappa shape index (κ2) is 8.66. The van der Waals surface area contributed by atoms with Crippen LogP contribution in [0, 0.1) is 0 Å². The van der Waals surface area contributed by atoms with E-state index in [9.17, 15) is 9.90 Å². The number of carbonyl (C=O) groups excluding carboxylic acids is 1. The van der Waals surface area contributed by atoms with Gasteiger partial charge < -0.3 is 10.4 Å². The third-order valence-electron chi connectivity index (χ3n) is 3.72. The number of aliphatic hydroxyl groups is 1. The Morgan fingerprint density at radius 3 is 2.95 bits per heavy atom. The van der Waals surface area contributed by atoms with Crippen molar-refractivity contribution >= 4 is 29.3 Å². The third-order valence-corrected chi connectivity index (χ3v) is 4.96. The molecule has 3 nitrogen and oxygen atoms in total. The molecule has 1 aromatic rings. The maximum Gasteiger partial charge on any atom is 0.230 e. The van der Waals surface area contributed by atoms with Gasteiger partial charge in [-0.25, -0.2) is 0 Å². The largest absolute Gasteiger partial charge is 0.391 e. The van der Waals surface area contributed by atoms with Crippen LogP contribution in [0.1, 0.15) is 37.7 Å². The fraction of sp³-hybridized carbons (Fsp3) is 0.562. The molecule has 0 heterocycles. The van der Waals surface area contributed by atoms with Crippen LogP contribution in [0.4, 0.5) is 0 Å². The van der Waals surface area contributed by atoms with Crippen molar-refractivity contribution in [2.75, 3.05) is 5.75 Å². The van der Waals surface area contributed by atoms with Crippen molar-refractivity contribution in [2.24, 2.45) is 0 Å². The van der Waals surface area contributed by atoms with E-state index in [-0.39, 0.29) is 11.9 Å². The maximum atomic E-state index is 12.0. The molecular formula is C16H22ClNO2S. The Hall–Kier alpha value is -0.710. The highest BCUT2D eigenvalue weighted by Crippen LogP contribution is 2.19. The molecule has 1 amide bonds. The summed E-state index contributed by atoms with van der Waals surface area (Å²) in [6, 6.07) is 7.61. The summed E-state index contributed by atoms with van der Waals surface area (Å²) in [5.41, 5.74) is 1.12. The summed E-state index contributed by atoms with van der Waals surface area (Å²) < 4.78 is 0. The van der Waals surface area contributed by atoms with Gasteiger partial charge in [-0.05, 0) is 30.5 Å². The second-order valence-electron chi connectivity index (χ2n) is 5.50. The predicted molar refractivity (Wildman–Crippen MR) is 88.6 cm³/mol. The topological polar surface area (TPSA) is 49.3 Å².